The quantitative estimate of drug-likeness (QED) is 0.726. The van der Waals surface area contributed by atoms with Crippen LogP contribution in [-0.2, 0) is 4.79 Å². The lowest BCUT2D eigenvalue weighted by Gasteiger charge is -2.17. The van der Waals surface area contributed by atoms with E-state index in [0.717, 1.165) is 20.2 Å². The fourth-order valence-electron chi connectivity index (χ4n) is 2.00. The maximum absolute atomic E-state index is 12.3. The van der Waals surface area contributed by atoms with Crippen molar-refractivity contribution < 1.29 is 9.53 Å². The molecule has 5 heteroatoms. The monoisotopic (exact) mass is 425 g/mol. The molecule has 0 spiro atoms. The van der Waals surface area contributed by atoms with Gasteiger partial charge < -0.3 is 10.1 Å². The van der Waals surface area contributed by atoms with E-state index >= 15 is 0 Å². The SMILES string of the molecule is Cc1ccc(NC(=O)[C@H](C)Oc2ccc(Br)cc2Br)c(C)c1. The molecule has 2 aromatic carbocycles. The third kappa shape index (κ3) is 4.34. The molecular formula is C17H17Br2NO2. The number of aryl methyl sites for hydroxylation is 2. The summed E-state index contributed by atoms with van der Waals surface area (Å²) in [5, 5.41) is 2.90. The van der Waals surface area contributed by atoms with Crippen molar-refractivity contribution in [3.8, 4) is 5.75 Å². The Kier molecular flexibility index (Phi) is 5.64. The molecule has 0 heterocycles. The Bertz CT molecular complexity index is 701. The summed E-state index contributed by atoms with van der Waals surface area (Å²) in [6.45, 7) is 5.72. The molecule has 0 aliphatic rings. The topological polar surface area (TPSA) is 38.3 Å². The summed E-state index contributed by atoms with van der Waals surface area (Å²) < 4.78 is 7.46. The number of ether oxygens (including phenoxy) is 1. The van der Waals surface area contributed by atoms with Crippen molar-refractivity contribution in [2.45, 2.75) is 26.9 Å². The van der Waals surface area contributed by atoms with Crippen molar-refractivity contribution in [3.05, 3.63) is 56.5 Å². The first kappa shape index (κ1) is 17.0. The number of carbonyl (C=O) groups is 1. The van der Waals surface area contributed by atoms with Gasteiger partial charge in [-0.05, 0) is 66.5 Å². The molecule has 1 N–H and O–H groups in total. The molecular weight excluding hydrogens is 410 g/mol. The number of amides is 1. The third-order valence-corrected chi connectivity index (χ3v) is 4.32. The molecule has 2 rings (SSSR count). The molecule has 3 nitrogen and oxygen atoms in total. The number of hydrogen-bond acceptors (Lipinski definition) is 2. The van der Waals surface area contributed by atoms with Gasteiger partial charge in [0, 0.05) is 10.2 Å². The minimum atomic E-state index is -0.599. The zero-order valence-electron chi connectivity index (χ0n) is 12.6. The first-order valence-corrected chi connectivity index (χ1v) is 8.45. The van der Waals surface area contributed by atoms with Crippen molar-refractivity contribution in [2.24, 2.45) is 0 Å². The van der Waals surface area contributed by atoms with Crippen LogP contribution in [0.15, 0.2) is 45.3 Å². The van der Waals surface area contributed by atoms with E-state index in [4.69, 9.17) is 4.74 Å². The van der Waals surface area contributed by atoms with Crippen molar-refractivity contribution in [1.29, 1.82) is 0 Å². The number of anilines is 1. The second kappa shape index (κ2) is 7.29. The predicted octanol–water partition coefficient (Wildman–Crippen LogP) is 5.23. The summed E-state index contributed by atoms with van der Waals surface area (Å²) in [6.07, 6.45) is -0.599. The van der Waals surface area contributed by atoms with E-state index in [1.165, 1.54) is 5.56 Å². The summed E-state index contributed by atoms with van der Waals surface area (Å²) in [6, 6.07) is 11.5. The van der Waals surface area contributed by atoms with Gasteiger partial charge in [-0.3, -0.25) is 4.79 Å². The Morgan fingerprint density at radius 1 is 1.14 bits per heavy atom. The lowest BCUT2D eigenvalue weighted by Crippen LogP contribution is -2.30. The summed E-state index contributed by atoms with van der Waals surface area (Å²) >= 11 is 6.81. The Balaban J connectivity index is 2.05. The molecule has 0 aliphatic carbocycles. The lowest BCUT2D eigenvalue weighted by atomic mass is 10.1. The number of nitrogens with one attached hydrogen (secondary N) is 1. The number of hydrogen-bond donors (Lipinski definition) is 1. The number of rotatable bonds is 4. The van der Waals surface area contributed by atoms with Gasteiger partial charge in [-0.1, -0.05) is 33.6 Å². The first-order chi connectivity index (χ1) is 10.4. The Morgan fingerprint density at radius 2 is 1.86 bits per heavy atom. The largest absolute Gasteiger partial charge is 0.480 e. The Morgan fingerprint density at radius 3 is 2.50 bits per heavy atom. The molecule has 116 valence electrons. The zero-order chi connectivity index (χ0) is 16.3. The van der Waals surface area contributed by atoms with Gasteiger partial charge in [0.25, 0.3) is 5.91 Å². The van der Waals surface area contributed by atoms with Gasteiger partial charge in [0.2, 0.25) is 0 Å². The maximum Gasteiger partial charge on any atom is 0.265 e. The highest BCUT2D eigenvalue weighted by atomic mass is 79.9. The van der Waals surface area contributed by atoms with Crippen molar-refractivity contribution in [2.75, 3.05) is 5.32 Å². The molecule has 2 aromatic rings. The van der Waals surface area contributed by atoms with E-state index in [-0.39, 0.29) is 5.91 Å². The molecule has 22 heavy (non-hydrogen) atoms. The summed E-state index contributed by atoms with van der Waals surface area (Å²) in [4.78, 5) is 12.3. The van der Waals surface area contributed by atoms with E-state index in [1.54, 1.807) is 6.92 Å². The van der Waals surface area contributed by atoms with Crippen LogP contribution in [0.2, 0.25) is 0 Å². The average Bonchev–Trinajstić information content (AvgIpc) is 2.44. The second-order valence-electron chi connectivity index (χ2n) is 5.14. The van der Waals surface area contributed by atoms with E-state index in [2.05, 4.69) is 37.2 Å². The van der Waals surface area contributed by atoms with Crippen molar-refractivity contribution in [1.82, 2.24) is 0 Å². The van der Waals surface area contributed by atoms with Gasteiger partial charge in [0.05, 0.1) is 4.47 Å². The first-order valence-electron chi connectivity index (χ1n) is 6.86. The van der Waals surface area contributed by atoms with Crippen LogP contribution >= 0.6 is 31.9 Å². The highest BCUT2D eigenvalue weighted by Gasteiger charge is 2.17. The highest BCUT2D eigenvalue weighted by molar-refractivity contribution is 9.11. The minimum Gasteiger partial charge on any atom is -0.480 e. The van der Waals surface area contributed by atoms with E-state index in [1.807, 2.05) is 50.2 Å². The van der Waals surface area contributed by atoms with Crippen molar-refractivity contribution in [3.63, 3.8) is 0 Å². The minimum absolute atomic E-state index is 0.179. The van der Waals surface area contributed by atoms with Gasteiger partial charge in [-0.25, -0.2) is 0 Å². The smallest absolute Gasteiger partial charge is 0.265 e. The molecule has 0 bridgehead atoms. The molecule has 1 amide bonds. The van der Waals surface area contributed by atoms with E-state index in [9.17, 15) is 4.79 Å². The van der Waals surface area contributed by atoms with Gasteiger partial charge in [-0.2, -0.15) is 0 Å². The van der Waals surface area contributed by atoms with Crippen LogP contribution in [0.3, 0.4) is 0 Å². The summed E-state index contributed by atoms with van der Waals surface area (Å²) in [5.74, 6) is 0.452. The summed E-state index contributed by atoms with van der Waals surface area (Å²) in [7, 11) is 0. The predicted molar refractivity (Wildman–Crippen MR) is 96.5 cm³/mol. The fourth-order valence-corrected chi connectivity index (χ4v) is 3.14. The molecule has 0 fully saturated rings. The molecule has 0 radical (unpaired) electrons. The molecule has 0 saturated carbocycles. The molecule has 0 saturated heterocycles. The van der Waals surface area contributed by atoms with Crippen LogP contribution in [0.25, 0.3) is 0 Å². The standard InChI is InChI=1S/C17H17Br2NO2/c1-10-4-6-15(11(2)8-10)20-17(21)12(3)22-16-7-5-13(18)9-14(16)19/h4-9,12H,1-3H3,(H,20,21)/t12-/m0/s1. The van der Waals surface area contributed by atoms with Crippen LogP contribution < -0.4 is 10.1 Å². The normalized spacial score (nSPS) is 11.9. The maximum atomic E-state index is 12.3. The fraction of sp³-hybridized carbons (Fsp3) is 0.235. The van der Waals surface area contributed by atoms with E-state index in [0.29, 0.717) is 5.75 Å². The number of halogens is 2. The van der Waals surface area contributed by atoms with Gasteiger partial charge in [0.1, 0.15) is 5.75 Å². The Hall–Kier alpha value is -1.33. The summed E-state index contributed by atoms with van der Waals surface area (Å²) in [5.41, 5.74) is 3.00. The van der Waals surface area contributed by atoms with Gasteiger partial charge in [0.15, 0.2) is 6.10 Å². The van der Waals surface area contributed by atoms with Crippen LogP contribution in [0, 0.1) is 13.8 Å². The van der Waals surface area contributed by atoms with E-state index < -0.39 is 6.10 Å². The van der Waals surface area contributed by atoms with Crippen LogP contribution in [0.4, 0.5) is 5.69 Å². The van der Waals surface area contributed by atoms with Gasteiger partial charge in [-0.15, -0.1) is 0 Å². The number of carbonyl (C=O) groups excluding carboxylic acids is 1. The molecule has 0 unspecified atom stereocenters. The number of benzene rings is 2. The molecule has 0 aliphatic heterocycles. The lowest BCUT2D eigenvalue weighted by molar-refractivity contribution is -0.122. The highest BCUT2D eigenvalue weighted by Crippen LogP contribution is 2.29. The van der Waals surface area contributed by atoms with Crippen LogP contribution in [0.5, 0.6) is 5.75 Å². The molecule has 0 aromatic heterocycles. The molecule has 1 atom stereocenters. The van der Waals surface area contributed by atoms with Gasteiger partial charge >= 0.3 is 0 Å². The second-order valence-corrected chi connectivity index (χ2v) is 6.91. The zero-order valence-corrected chi connectivity index (χ0v) is 15.8. The van der Waals surface area contributed by atoms with Crippen molar-refractivity contribution >= 4 is 43.5 Å². The third-order valence-electron chi connectivity index (χ3n) is 3.21. The van der Waals surface area contributed by atoms with Crippen LogP contribution in [0.1, 0.15) is 18.1 Å². The van der Waals surface area contributed by atoms with Crippen LogP contribution in [-0.4, -0.2) is 12.0 Å². The average molecular weight is 427 g/mol. The Labute approximate surface area is 147 Å².